The van der Waals surface area contributed by atoms with Crippen molar-refractivity contribution in [3.63, 3.8) is 0 Å². The van der Waals surface area contributed by atoms with E-state index in [2.05, 4.69) is 11.9 Å². The number of para-hydroxylation sites is 1. The van der Waals surface area contributed by atoms with E-state index in [-0.39, 0.29) is 5.91 Å². The summed E-state index contributed by atoms with van der Waals surface area (Å²) in [7, 11) is 1.94. The van der Waals surface area contributed by atoms with Gasteiger partial charge in [0.15, 0.2) is 0 Å². The molecule has 110 valence electrons. The summed E-state index contributed by atoms with van der Waals surface area (Å²) in [6.45, 7) is 2.30. The molecule has 2 aromatic rings. The van der Waals surface area contributed by atoms with Crippen LogP contribution in [0.3, 0.4) is 0 Å². The molecule has 1 heterocycles. The van der Waals surface area contributed by atoms with Crippen LogP contribution in [0.25, 0.3) is 10.9 Å². The molecule has 21 heavy (non-hydrogen) atoms. The van der Waals surface area contributed by atoms with Gasteiger partial charge in [0.25, 0.3) is 5.91 Å². The maximum absolute atomic E-state index is 12.8. The molecule has 1 amide bonds. The first-order chi connectivity index (χ1) is 10.2. The molecule has 0 unspecified atom stereocenters. The van der Waals surface area contributed by atoms with Crippen LogP contribution in [0.4, 0.5) is 0 Å². The van der Waals surface area contributed by atoms with Crippen LogP contribution in [0.2, 0.25) is 0 Å². The fourth-order valence-corrected chi connectivity index (χ4v) is 3.27. The van der Waals surface area contributed by atoms with E-state index in [0.29, 0.717) is 6.04 Å². The quantitative estimate of drug-likeness (QED) is 0.837. The van der Waals surface area contributed by atoms with Crippen LogP contribution < -0.4 is 0 Å². The van der Waals surface area contributed by atoms with Crippen LogP contribution in [-0.2, 0) is 0 Å². The summed E-state index contributed by atoms with van der Waals surface area (Å²) in [6, 6.07) is 10.1. The number of hydrogen-bond donors (Lipinski definition) is 0. The Labute approximate surface area is 126 Å². The van der Waals surface area contributed by atoms with Gasteiger partial charge in [-0.15, -0.1) is 0 Å². The van der Waals surface area contributed by atoms with E-state index in [1.807, 2.05) is 42.3 Å². The second-order valence-electron chi connectivity index (χ2n) is 6.21. The Balaban J connectivity index is 1.86. The van der Waals surface area contributed by atoms with Crippen LogP contribution in [-0.4, -0.2) is 28.9 Å². The lowest BCUT2D eigenvalue weighted by atomic mass is 9.86. The summed E-state index contributed by atoms with van der Waals surface area (Å²) < 4.78 is 0. The number of carbonyl (C=O) groups excluding carboxylic acids is 1. The number of amides is 1. The first-order valence-electron chi connectivity index (χ1n) is 7.77. The zero-order chi connectivity index (χ0) is 14.8. The molecule has 1 aromatic carbocycles. The van der Waals surface area contributed by atoms with Crippen molar-refractivity contribution in [2.45, 2.75) is 38.6 Å². The van der Waals surface area contributed by atoms with Crippen LogP contribution in [0.1, 0.15) is 43.0 Å². The molecule has 0 N–H and O–H groups in total. The predicted octanol–water partition coefficient (Wildman–Crippen LogP) is 3.89. The van der Waals surface area contributed by atoms with Gasteiger partial charge >= 0.3 is 0 Å². The third kappa shape index (κ3) is 2.78. The zero-order valence-electron chi connectivity index (χ0n) is 12.7. The van der Waals surface area contributed by atoms with Crippen molar-refractivity contribution >= 4 is 16.8 Å². The lowest BCUT2D eigenvalue weighted by Crippen LogP contribution is -2.39. The lowest BCUT2D eigenvalue weighted by molar-refractivity contribution is 0.0681. The minimum Gasteiger partial charge on any atom is -0.339 e. The summed E-state index contributed by atoms with van der Waals surface area (Å²) >= 11 is 0. The average Bonchev–Trinajstić information content (AvgIpc) is 2.53. The first kappa shape index (κ1) is 14.1. The topological polar surface area (TPSA) is 33.2 Å². The monoisotopic (exact) mass is 282 g/mol. The van der Waals surface area contributed by atoms with Crippen LogP contribution in [0.5, 0.6) is 0 Å². The number of fused-ring (bicyclic) bond motifs is 1. The van der Waals surface area contributed by atoms with Gasteiger partial charge in [0.05, 0.1) is 11.1 Å². The second kappa shape index (κ2) is 5.84. The highest BCUT2D eigenvalue weighted by molar-refractivity contribution is 6.05. The van der Waals surface area contributed by atoms with Crippen molar-refractivity contribution in [2.24, 2.45) is 5.92 Å². The highest BCUT2D eigenvalue weighted by atomic mass is 16.2. The molecular formula is C18H22N2O. The molecule has 1 aliphatic carbocycles. The first-order valence-corrected chi connectivity index (χ1v) is 7.77. The summed E-state index contributed by atoms with van der Waals surface area (Å²) in [5.41, 5.74) is 1.65. The summed E-state index contributed by atoms with van der Waals surface area (Å²) in [6.07, 6.45) is 6.41. The molecule has 0 bridgehead atoms. The fraction of sp³-hybridized carbons (Fsp3) is 0.444. The SMILES string of the molecule is CC1CCC(N(C)C(=O)c2ccnc3ccccc23)CC1. The number of aromatic nitrogens is 1. The molecule has 0 saturated heterocycles. The molecule has 1 fully saturated rings. The highest BCUT2D eigenvalue weighted by Gasteiger charge is 2.26. The molecule has 1 aliphatic rings. The fourth-order valence-electron chi connectivity index (χ4n) is 3.27. The van der Waals surface area contributed by atoms with Gasteiger partial charge < -0.3 is 4.90 Å². The Morgan fingerprint density at radius 3 is 2.62 bits per heavy atom. The van der Waals surface area contributed by atoms with Crippen molar-refractivity contribution < 1.29 is 4.79 Å². The van der Waals surface area contributed by atoms with Gasteiger partial charge in [-0.05, 0) is 43.7 Å². The molecule has 1 saturated carbocycles. The summed E-state index contributed by atoms with van der Waals surface area (Å²) in [5.74, 6) is 0.916. The maximum Gasteiger partial charge on any atom is 0.254 e. The molecule has 3 nitrogen and oxygen atoms in total. The minimum atomic E-state index is 0.119. The third-order valence-corrected chi connectivity index (χ3v) is 4.73. The standard InChI is InChI=1S/C18H22N2O/c1-13-7-9-14(10-8-13)20(2)18(21)16-11-12-19-17-6-4-3-5-15(16)17/h3-6,11-14H,7-10H2,1-2H3. The second-order valence-corrected chi connectivity index (χ2v) is 6.21. The number of rotatable bonds is 2. The largest absolute Gasteiger partial charge is 0.339 e. The smallest absolute Gasteiger partial charge is 0.254 e. The van der Waals surface area contributed by atoms with Crippen LogP contribution in [0.15, 0.2) is 36.5 Å². The van der Waals surface area contributed by atoms with Crippen LogP contribution >= 0.6 is 0 Å². The van der Waals surface area contributed by atoms with E-state index in [0.717, 1.165) is 35.2 Å². The van der Waals surface area contributed by atoms with E-state index in [9.17, 15) is 4.79 Å². The molecule has 0 atom stereocenters. The molecule has 3 rings (SSSR count). The number of nitrogens with zero attached hydrogens (tertiary/aromatic N) is 2. The van der Waals surface area contributed by atoms with Crippen molar-refractivity contribution in [2.75, 3.05) is 7.05 Å². The molecular weight excluding hydrogens is 260 g/mol. The Morgan fingerprint density at radius 1 is 1.14 bits per heavy atom. The van der Waals surface area contributed by atoms with Crippen molar-refractivity contribution in [1.29, 1.82) is 0 Å². The minimum absolute atomic E-state index is 0.119. The van der Waals surface area contributed by atoms with Crippen molar-refractivity contribution in [3.05, 3.63) is 42.1 Å². The van der Waals surface area contributed by atoms with Gasteiger partial charge in [-0.25, -0.2) is 0 Å². The summed E-state index contributed by atoms with van der Waals surface area (Å²) in [4.78, 5) is 19.1. The number of hydrogen-bond acceptors (Lipinski definition) is 2. The predicted molar refractivity (Wildman–Crippen MR) is 85.3 cm³/mol. The van der Waals surface area contributed by atoms with E-state index >= 15 is 0 Å². The molecule has 0 aliphatic heterocycles. The molecule has 3 heteroatoms. The van der Waals surface area contributed by atoms with E-state index in [4.69, 9.17) is 0 Å². The van der Waals surface area contributed by atoms with Crippen molar-refractivity contribution in [1.82, 2.24) is 9.88 Å². The van der Waals surface area contributed by atoms with Gasteiger partial charge in [-0.2, -0.15) is 0 Å². The van der Waals surface area contributed by atoms with Crippen LogP contribution in [0, 0.1) is 5.92 Å². The summed E-state index contributed by atoms with van der Waals surface area (Å²) in [5, 5.41) is 0.945. The molecule has 1 aromatic heterocycles. The van der Waals surface area contributed by atoms with E-state index in [1.165, 1.54) is 12.8 Å². The molecule has 0 radical (unpaired) electrons. The number of carbonyl (C=O) groups is 1. The van der Waals surface area contributed by atoms with Gasteiger partial charge in [0.2, 0.25) is 0 Å². The highest BCUT2D eigenvalue weighted by Crippen LogP contribution is 2.28. The van der Waals surface area contributed by atoms with Gasteiger partial charge in [0, 0.05) is 24.7 Å². The molecule has 0 spiro atoms. The normalized spacial score (nSPS) is 22.2. The Kier molecular flexibility index (Phi) is 3.91. The lowest BCUT2D eigenvalue weighted by Gasteiger charge is -2.33. The van der Waals surface area contributed by atoms with Crippen molar-refractivity contribution in [3.8, 4) is 0 Å². The number of pyridine rings is 1. The maximum atomic E-state index is 12.8. The van der Waals surface area contributed by atoms with Gasteiger partial charge in [-0.3, -0.25) is 9.78 Å². The number of benzene rings is 1. The van der Waals surface area contributed by atoms with E-state index in [1.54, 1.807) is 6.20 Å². The zero-order valence-corrected chi connectivity index (χ0v) is 12.7. The van der Waals surface area contributed by atoms with Gasteiger partial charge in [-0.1, -0.05) is 25.1 Å². The average molecular weight is 282 g/mol. The Morgan fingerprint density at radius 2 is 1.86 bits per heavy atom. The third-order valence-electron chi connectivity index (χ3n) is 4.73. The van der Waals surface area contributed by atoms with Gasteiger partial charge in [0.1, 0.15) is 0 Å². The Bertz CT molecular complexity index is 639. The van der Waals surface area contributed by atoms with E-state index < -0.39 is 0 Å². The Hall–Kier alpha value is -1.90.